The number of aliphatic hydroxyl groups is 2. The van der Waals surface area contributed by atoms with Crippen LogP contribution in [0.4, 0.5) is 5.82 Å². The summed E-state index contributed by atoms with van der Waals surface area (Å²) in [5, 5.41) is 20.4. The van der Waals surface area contributed by atoms with Gasteiger partial charge in [-0.05, 0) is 0 Å². The van der Waals surface area contributed by atoms with Gasteiger partial charge in [-0.2, -0.15) is 8.62 Å². The van der Waals surface area contributed by atoms with Gasteiger partial charge in [-0.3, -0.25) is 9.09 Å². The highest BCUT2D eigenvalue weighted by Crippen LogP contribution is 2.66. The zero-order valence-corrected chi connectivity index (χ0v) is 17.6. The Morgan fingerprint density at radius 1 is 1.03 bits per heavy atom. The number of aromatic nitrogens is 4. The van der Waals surface area contributed by atoms with Gasteiger partial charge in [0.05, 0.1) is 12.9 Å². The van der Waals surface area contributed by atoms with Crippen LogP contribution in [0.2, 0.25) is 0 Å². The molecular weight excluding hydrogens is 491 g/mol. The van der Waals surface area contributed by atoms with Crippen LogP contribution in [-0.2, 0) is 31.6 Å². The normalized spacial score (nSPS) is 28.5. The van der Waals surface area contributed by atoms with Crippen molar-refractivity contribution in [2.24, 2.45) is 0 Å². The number of nitrogens with zero attached hydrogens (tertiary/aromatic N) is 4. The zero-order valence-electron chi connectivity index (χ0n) is 14.9. The van der Waals surface area contributed by atoms with Gasteiger partial charge in [-0.15, -0.1) is 0 Å². The predicted molar refractivity (Wildman–Crippen MR) is 95.5 cm³/mol. The monoisotopic (exact) mass is 507 g/mol. The number of hydrogen-bond donors (Lipinski definition) is 7. The van der Waals surface area contributed by atoms with Crippen LogP contribution in [0.3, 0.4) is 0 Å². The minimum Gasteiger partial charge on any atom is -0.387 e. The molecule has 1 fully saturated rings. The van der Waals surface area contributed by atoms with Gasteiger partial charge in [0.25, 0.3) is 0 Å². The summed E-state index contributed by atoms with van der Waals surface area (Å²) in [5.41, 5.74) is 6.00. The molecule has 0 amide bonds. The van der Waals surface area contributed by atoms with Gasteiger partial charge >= 0.3 is 23.5 Å². The van der Waals surface area contributed by atoms with Gasteiger partial charge in [0.1, 0.15) is 30.2 Å². The molecule has 1 saturated heterocycles. The van der Waals surface area contributed by atoms with Crippen molar-refractivity contribution in [1.29, 1.82) is 0 Å². The first-order chi connectivity index (χ1) is 14.2. The minimum atomic E-state index is -5.70. The van der Waals surface area contributed by atoms with Crippen molar-refractivity contribution in [1.82, 2.24) is 19.5 Å². The standard InChI is InChI=1S/C10H16N5O13P3/c11-8-5-9(13-2-12-8)15(3-14-5)10-7(17)6(16)4(26-10)1-25-30(21,22)28-31(23,24)27-29(18,19)20/h2-4,6-7,10,16-17H,1H2,(H,21,22)(H,23,24)(H2,11,12,13)(H2,18,19,20)/t4-,6+,7+,10-/m1/s1. The number of nitrogen functional groups attached to an aromatic ring is 1. The van der Waals surface area contributed by atoms with Gasteiger partial charge in [-0.1, -0.05) is 0 Å². The fourth-order valence-electron chi connectivity index (χ4n) is 2.62. The van der Waals surface area contributed by atoms with E-state index in [1.54, 1.807) is 0 Å². The van der Waals surface area contributed by atoms with E-state index in [2.05, 4.69) is 28.1 Å². The van der Waals surface area contributed by atoms with E-state index in [0.717, 1.165) is 6.33 Å². The molecular formula is C10H16N5O13P3. The molecule has 3 rings (SSSR count). The van der Waals surface area contributed by atoms with Gasteiger partial charge in [0.15, 0.2) is 17.7 Å². The summed E-state index contributed by atoms with van der Waals surface area (Å²) in [4.78, 5) is 47.2. The van der Waals surface area contributed by atoms with Gasteiger partial charge in [-0.25, -0.2) is 28.6 Å². The van der Waals surface area contributed by atoms with Crippen molar-refractivity contribution in [3.63, 3.8) is 0 Å². The second-order valence-corrected chi connectivity index (χ2v) is 10.4. The van der Waals surface area contributed by atoms with Gasteiger partial charge < -0.3 is 40.3 Å². The van der Waals surface area contributed by atoms with Crippen LogP contribution in [0.25, 0.3) is 11.2 Å². The molecule has 0 saturated carbocycles. The van der Waals surface area contributed by atoms with E-state index in [1.165, 1.54) is 10.9 Å². The van der Waals surface area contributed by atoms with Crippen LogP contribution >= 0.6 is 23.5 Å². The number of aliphatic hydroxyl groups excluding tert-OH is 2. The van der Waals surface area contributed by atoms with E-state index in [9.17, 15) is 28.8 Å². The van der Waals surface area contributed by atoms with Crippen molar-refractivity contribution >= 4 is 40.4 Å². The van der Waals surface area contributed by atoms with Crippen LogP contribution in [0.15, 0.2) is 12.7 Å². The minimum absolute atomic E-state index is 0.0426. The van der Waals surface area contributed by atoms with Crippen LogP contribution in [-0.4, -0.2) is 74.2 Å². The number of phosphoric acid groups is 3. The van der Waals surface area contributed by atoms with Crippen molar-refractivity contribution in [2.45, 2.75) is 24.5 Å². The summed E-state index contributed by atoms with van der Waals surface area (Å²) in [6.45, 7) is -0.956. The molecule has 0 spiro atoms. The second-order valence-electron chi connectivity index (χ2n) is 6.02. The fraction of sp³-hybridized carbons (Fsp3) is 0.500. The number of phosphoric ester groups is 1. The van der Waals surface area contributed by atoms with Gasteiger partial charge in [0, 0.05) is 0 Å². The molecule has 2 unspecified atom stereocenters. The average Bonchev–Trinajstić information content (AvgIpc) is 3.13. The lowest BCUT2D eigenvalue weighted by Gasteiger charge is -2.19. The fourth-order valence-corrected chi connectivity index (χ4v) is 5.65. The molecule has 3 heterocycles. The first kappa shape index (κ1) is 24.3. The number of imidazole rings is 1. The molecule has 2 aromatic heterocycles. The maximum absolute atomic E-state index is 11.8. The number of rotatable bonds is 8. The Labute approximate surface area is 171 Å². The first-order valence-electron chi connectivity index (χ1n) is 7.92. The molecule has 2 aromatic rings. The molecule has 8 N–H and O–H groups in total. The molecule has 0 aromatic carbocycles. The molecule has 0 aliphatic carbocycles. The first-order valence-corrected chi connectivity index (χ1v) is 12.4. The summed E-state index contributed by atoms with van der Waals surface area (Å²) in [6.07, 6.45) is -3.69. The van der Waals surface area contributed by atoms with Crippen molar-refractivity contribution < 1.29 is 61.4 Å². The Kier molecular flexibility index (Phi) is 6.68. The summed E-state index contributed by atoms with van der Waals surface area (Å²) in [7, 11) is -16.7. The highest BCUT2D eigenvalue weighted by molar-refractivity contribution is 7.66. The van der Waals surface area contributed by atoms with E-state index in [4.69, 9.17) is 25.2 Å². The third-order valence-corrected chi connectivity index (χ3v) is 7.62. The lowest BCUT2D eigenvalue weighted by atomic mass is 10.1. The molecule has 31 heavy (non-hydrogen) atoms. The largest absolute Gasteiger partial charge is 0.490 e. The maximum Gasteiger partial charge on any atom is 0.490 e. The van der Waals surface area contributed by atoms with Crippen molar-refractivity contribution in [2.75, 3.05) is 12.3 Å². The molecule has 174 valence electrons. The van der Waals surface area contributed by atoms with Crippen molar-refractivity contribution in [3.05, 3.63) is 12.7 Å². The smallest absolute Gasteiger partial charge is 0.387 e. The third kappa shape index (κ3) is 5.71. The second kappa shape index (κ2) is 8.53. The highest BCUT2D eigenvalue weighted by Gasteiger charge is 2.47. The molecule has 1 aliphatic heterocycles. The number of fused-ring (bicyclic) bond motifs is 1. The Bertz CT molecular complexity index is 1100. The molecule has 0 bridgehead atoms. The van der Waals surface area contributed by atoms with E-state index < -0.39 is 54.6 Å². The highest BCUT2D eigenvalue weighted by atomic mass is 31.3. The van der Waals surface area contributed by atoms with Crippen LogP contribution in [0.5, 0.6) is 0 Å². The maximum atomic E-state index is 11.8. The third-order valence-electron chi connectivity index (χ3n) is 3.82. The van der Waals surface area contributed by atoms with E-state index in [0.29, 0.717) is 0 Å². The number of nitrogens with two attached hydrogens (primary N) is 1. The Balaban J connectivity index is 1.69. The summed E-state index contributed by atoms with van der Waals surface area (Å²) in [6, 6.07) is 0. The molecule has 21 heteroatoms. The quantitative estimate of drug-likeness (QED) is 0.197. The average molecular weight is 507 g/mol. The number of anilines is 1. The van der Waals surface area contributed by atoms with Crippen LogP contribution < -0.4 is 5.73 Å². The molecule has 6 atom stereocenters. The lowest BCUT2D eigenvalue weighted by molar-refractivity contribution is -0.0503. The lowest BCUT2D eigenvalue weighted by Crippen LogP contribution is -2.33. The van der Waals surface area contributed by atoms with E-state index in [1.807, 2.05) is 0 Å². The van der Waals surface area contributed by atoms with Crippen molar-refractivity contribution in [3.8, 4) is 0 Å². The summed E-state index contributed by atoms with van der Waals surface area (Å²) >= 11 is 0. The summed E-state index contributed by atoms with van der Waals surface area (Å²) < 4.78 is 51.9. The number of ether oxygens (including phenoxy) is 1. The Morgan fingerprint density at radius 2 is 1.71 bits per heavy atom. The van der Waals surface area contributed by atoms with Crippen LogP contribution in [0, 0.1) is 0 Å². The topological polar surface area (TPSA) is 279 Å². The number of hydrogen-bond acceptors (Lipinski definition) is 13. The Morgan fingerprint density at radius 3 is 2.35 bits per heavy atom. The van der Waals surface area contributed by atoms with E-state index in [-0.39, 0.29) is 17.0 Å². The SMILES string of the molecule is Nc1ncnc2c1ncn2[C@@H]1O[C@H](COP(=O)(O)OP(=O)(O)OP(=O)(O)O)[C@H](O)[C@@H]1O. The summed E-state index contributed by atoms with van der Waals surface area (Å²) in [5.74, 6) is 0.0426. The molecule has 18 nitrogen and oxygen atoms in total. The predicted octanol–water partition coefficient (Wildman–Crippen LogP) is -1.63. The van der Waals surface area contributed by atoms with E-state index >= 15 is 0 Å². The van der Waals surface area contributed by atoms with Crippen LogP contribution in [0.1, 0.15) is 6.23 Å². The van der Waals surface area contributed by atoms with Gasteiger partial charge in [0.2, 0.25) is 0 Å². The molecule has 0 radical (unpaired) electrons. The molecule has 1 aliphatic rings. The zero-order chi connectivity index (χ0) is 23.2. The Hall–Kier alpha value is -1.36.